The molecular weight excluding hydrogens is 206 g/mol. The van der Waals surface area contributed by atoms with Crippen molar-refractivity contribution in [2.24, 2.45) is 17.8 Å². The molecule has 92 valence electrons. The van der Waals surface area contributed by atoms with Crippen molar-refractivity contribution in [2.45, 2.75) is 58.3 Å². The van der Waals surface area contributed by atoms with Gasteiger partial charge in [-0.15, -0.1) is 0 Å². The number of alkyl halides is 2. The molecule has 0 aromatic heterocycles. The summed E-state index contributed by atoms with van der Waals surface area (Å²) in [5, 5.41) is 0. The van der Waals surface area contributed by atoms with Crippen molar-refractivity contribution in [1.82, 2.24) is 0 Å². The standard InChI is InChI=1S/C14H22F2/c1-10(2)4-3-5-11-6-7-14(15,16)9-12-8-13(11)12/h8,10-12H,3-7,9H2,1-2H3/t11-,12+/m1/s1. The molecule has 16 heavy (non-hydrogen) atoms. The maximum Gasteiger partial charge on any atom is 0.249 e. The fourth-order valence-electron chi connectivity index (χ4n) is 2.86. The Labute approximate surface area is 97.1 Å². The third-order valence-electron chi connectivity index (χ3n) is 3.90. The summed E-state index contributed by atoms with van der Waals surface area (Å²) in [7, 11) is 0. The van der Waals surface area contributed by atoms with Crippen molar-refractivity contribution in [3.05, 3.63) is 11.6 Å². The molecule has 2 atom stereocenters. The molecular formula is C14H22F2. The molecule has 2 heteroatoms. The molecule has 0 bridgehead atoms. The highest BCUT2D eigenvalue weighted by molar-refractivity contribution is 5.33. The van der Waals surface area contributed by atoms with Crippen LogP contribution in [0, 0.1) is 17.8 Å². The normalized spacial score (nSPS) is 31.9. The summed E-state index contributed by atoms with van der Waals surface area (Å²) in [6.45, 7) is 4.45. The van der Waals surface area contributed by atoms with Gasteiger partial charge in [-0.3, -0.25) is 0 Å². The van der Waals surface area contributed by atoms with Crippen LogP contribution in [0.5, 0.6) is 0 Å². The predicted molar refractivity (Wildman–Crippen MR) is 62.6 cm³/mol. The molecule has 0 aliphatic heterocycles. The Balaban J connectivity index is 1.80. The first-order valence-electron chi connectivity index (χ1n) is 6.57. The molecule has 0 amide bonds. The Morgan fingerprint density at radius 3 is 2.88 bits per heavy atom. The number of rotatable bonds is 4. The third-order valence-corrected chi connectivity index (χ3v) is 3.90. The molecule has 0 saturated heterocycles. The largest absolute Gasteiger partial charge is 0.249 e. The lowest BCUT2D eigenvalue weighted by Gasteiger charge is -2.15. The maximum absolute atomic E-state index is 13.3. The average molecular weight is 228 g/mol. The minimum absolute atomic E-state index is 0.0863. The summed E-state index contributed by atoms with van der Waals surface area (Å²) in [5.74, 6) is -1.05. The first-order valence-corrected chi connectivity index (χ1v) is 6.57. The second-order valence-corrected chi connectivity index (χ2v) is 5.89. The second-order valence-electron chi connectivity index (χ2n) is 5.89. The molecule has 0 radical (unpaired) electrons. The Hall–Kier alpha value is -0.400. The zero-order valence-corrected chi connectivity index (χ0v) is 10.3. The van der Waals surface area contributed by atoms with Crippen molar-refractivity contribution in [3.8, 4) is 0 Å². The highest BCUT2D eigenvalue weighted by Crippen LogP contribution is 2.50. The monoisotopic (exact) mass is 228 g/mol. The van der Waals surface area contributed by atoms with E-state index in [0.29, 0.717) is 12.3 Å². The van der Waals surface area contributed by atoms with E-state index in [1.54, 1.807) is 0 Å². The van der Waals surface area contributed by atoms with Crippen LogP contribution in [0.15, 0.2) is 11.6 Å². The van der Waals surface area contributed by atoms with Gasteiger partial charge in [0.05, 0.1) is 0 Å². The number of halogens is 2. The average Bonchev–Trinajstić information content (AvgIpc) is 2.88. The SMILES string of the molecule is CC(C)CCC[C@@H]1CCC(F)(F)C[C@@H]2C=C12. The molecule has 0 heterocycles. The topological polar surface area (TPSA) is 0 Å². The molecule has 1 saturated carbocycles. The lowest BCUT2D eigenvalue weighted by atomic mass is 9.92. The van der Waals surface area contributed by atoms with Crippen LogP contribution in [0.1, 0.15) is 52.4 Å². The maximum atomic E-state index is 13.3. The van der Waals surface area contributed by atoms with Crippen molar-refractivity contribution in [3.63, 3.8) is 0 Å². The summed E-state index contributed by atoms with van der Waals surface area (Å²) in [4.78, 5) is 0. The first-order chi connectivity index (χ1) is 7.48. The molecule has 1 fully saturated rings. The van der Waals surface area contributed by atoms with Crippen LogP contribution in [0.4, 0.5) is 8.78 Å². The van der Waals surface area contributed by atoms with Crippen LogP contribution < -0.4 is 0 Å². The van der Waals surface area contributed by atoms with Crippen molar-refractivity contribution >= 4 is 0 Å². The van der Waals surface area contributed by atoms with Crippen molar-refractivity contribution in [2.75, 3.05) is 0 Å². The Kier molecular flexibility index (Phi) is 3.37. The second kappa shape index (κ2) is 4.46. The molecule has 0 aromatic carbocycles. The molecule has 2 aliphatic carbocycles. The number of hydrogen-bond acceptors (Lipinski definition) is 0. The van der Waals surface area contributed by atoms with Gasteiger partial charge in [-0.25, -0.2) is 8.78 Å². The fourth-order valence-corrected chi connectivity index (χ4v) is 2.86. The number of fused-ring (bicyclic) bond motifs is 1. The molecule has 2 aliphatic rings. The van der Waals surface area contributed by atoms with Gasteiger partial charge in [0.2, 0.25) is 5.92 Å². The van der Waals surface area contributed by atoms with Gasteiger partial charge in [-0.05, 0) is 24.7 Å². The van der Waals surface area contributed by atoms with Gasteiger partial charge in [0.1, 0.15) is 0 Å². The van der Waals surface area contributed by atoms with Gasteiger partial charge in [0, 0.05) is 18.8 Å². The highest BCUT2D eigenvalue weighted by atomic mass is 19.3. The van der Waals surface area contributed by atoms with Crippen molar-refractivity contribution < 1.29 is 8.78 Å². The Bertz CT molecular complexity index is 278. The van der Waals surface area contributed by atoms with Gasteiger partial charge in [0.15, 0.2) is 0 Å². The fraction of sp³-hybridized carbons (Fsp3) is 0.857. The smallest absolute Gasteiger partial charge is 0.207 e. The summed E-state index contributed by atoms with van der Waals surface area (Å²) < 4.78 is 26.7. The number of hydrogen-bond donors (Lipinski definition) is 0. The van der Waals surface area contributed by atoms with Gasteiger partial charge >= 0.3 is 0 Å². The molecule has 0 aromatic rings. The lowest BCUT2D eigenvalue weighted by Crippen LogP contribution is -2.15. The third kappa shape index (κ3) is 3.05. The van der Waals surface area contributed by atoms with E-state index >= 15 is 0 Å². The van der Waals surface area contributed by atoms with Gasteiger partial charge in [0.25, 0.3) is 0 Å². The zero-order chi connectivity index (χ0) is 11.8. The number of allylic oxidation sites excluding steroid dienone is 2. The van der Waals surface area contributed by atoms with E-state index in [2.05, 4.69) is 19.9 Å². The summed E-state index contributed by atoms with van der Waals surface area (Å²) in [6, 6.07) is 0. The predicted octanol–water partition coefficient (Wildman–Crippen LogP) is 4.80. The van der Waals surface area contributed by atoms with Crippen molar-refractivity contribution in [1.29, 1.82) is 0 Å². The van der Waals surface area contributed by atoms with Crippen LogP contribution in [0.2, 0.25) is 0 Å². The molecule has 0 spiro atoms. The van der Waals surface area contributed by atoms with Crippen LogP contribution in [-0.2, 0) is 0 Å². The van der Waals surface area contributed by atoms with E-state index in [4.69, 9.17) is 0 Å². The van der Waals surface area contributed by atoms with E-state index in [0.717, 1.165) is 12.3 Å². The van der Waals surface area contributed by atoms with Gasteiger partial charge < -0.3 is 0 Å². The van der Waals surface area contributed by atoms with E-state index < -0.39 is 5.92 Å². The van der Waals surface area contributed by atoms with Crippen LogP contribution in [-0.4, -0.2) is 5.92 Å². The quantitative estimate of drug-likeness (QED) is 0.606. The van der Waals surface area contributed by atoms with Crippen LogP contribution in [0.3, 0.4) is 0 Å². The Morgan fingerprint density at radius 2 is 2.19 bits per heavy atom. The highest BCUT2D eigenvalue weighted by Gasteiger charge is 2.44. The molecule has 0 unspecified atom stereocenters. The zero-order valence-electron chi connectivity index (χ0n) is 10.3. The molecule has 0 N–H and O–H groups in total. The molecule has 0 nitrogen and oxygen atoms in total. The minimum atomic E-state index is -2.41. The van der Waals surface area contributed by atoms with Gasteiger partial charge in [-0.1, -0.05) is 38.3 Å². The van der Waals surface area contributed by atoms with Gasteiger partial charge in [-0.2, -0.15) is 0 Å². The van der Waals surface area contributed by atoms with E-state index in [1.807, 2.05) is 0 Å². The summed E-state index contributed by atoms with van der Waals surface area (Å²) in [5.41, 5.74) is 1.35. The lowest BCUT2D eigenvalue weighted by molar-refractivity contribution is -0.0190. The van der Waals surface area contributed by atoms with E-state index in [-0.39, 0.29) is 18.8 Å². The van der Waals surface area contributed by atoms with E-state index in [9.17, 15) is 8.78 Å². The first kappa shape index (κ1) is 12.1. The minimum Gasteiger partial charge on any atom is -0.207 e. The van der Waals surface area contributed by atoms with E-state index in [1.165, 1.54) is 18.4 Å². The Morgan fingerprint density at radius 1 is 1.44 bits per heavy atom. The molecule has 2 rings (SSSR count). The van der Waals surface area contributed by atoms with Crippen LogP contribution in [0.25, 0.3) is 0 Å². The summed E-state index contributed by atoms with van der Waals surface area (Å²) >= 11 is 0. The van der Waals surface area contributed by atoms with Crippen LogP contribution >= 0.6 is 0 Å². The summed E-state index contributed by atoms with van der Waals surface area (Å²) in [6.07, 6.45) is 6.51.